The Morgan fingerprint density at radius 3 is 1.60 bits per heavy atom. The number of hydrogen-bond donors (Lipinski definition) is 7. The molecular formula is C45H52N6O15S. The quantitative estimate of drug-likeness (QED) is 0.0934. The number of aliphatic carboxylic acids is 6. The number of nitrogens with one attached hydrogen (secondary N) is 1. The normalized spacial score (nSPS) is 14.9. The zero-order chi connectivity index (χ0) is 50.0. The molecule has 1 fully saturated rings. The Morgan fingerprint density at radius 2 is 1.16 bits per heavy atom. The Hall–Kier alpha value is -7.69. The predicted molar refractivity (Wildman–Crippen MR) is 243 cm³/mol. The highest BCUT2D eigenvalue weighted by Crippen LogP contribution is 2.37. The summed E-state index contributed by atoms with van der Waals surface area (Å²) >= 11 is 0. The topological polar surface area (TPSA) is 316 Å². The van der Waals surface area contributed by atoms with Crippen LogP contribution in [0.1, 0.15) is 34.6 Å². The molecule has 21 nitrogen and oxygen atoms in total. The lowest BCUT2D eigenvalue weighted by atomic mass is 9.91. The number of anilines is 1. The molecule has 67 heavy (non-hydrogen) atoms. The summed E-state index contributed by atoms with van der Waals surface area (Å²) in [6.45, 7) is 10.1. The van der Waals surface area contributed by atoms with Gasteiger partial charge in [-0.25, -0.2) is 51.9 Å². The monoisotopic (exact) mass is 948 g/mol. The van der Waals surface area contributed by atoms with Gasteiger partial charge in [-0.2, -0.15) is 0 Å². The summed E-state index contributed by atoms with van der Waals surface area (Å²) in [7, 11) is 0.0348. The van der Waals surface area contributed by atoms with E-state index in [1.165, 1.54) is 11.3 Å². The third kappa shape index (κ3) is 17.7. The minimum Gasteiger partial charge on any atom is -0.496 e. The smallest absolute Gasteiger partial charge is 0.328 e. The van der Waals surface area contributed by atoms with Gasteiger partial charge in [0.25, 0.3) is 10.0 Å². The third-order valence-corrected chi connectivity index (χ3v) is 11.2. The van der Waals surface area contributed by atoms with Crippen LogP contribution < -0.4 is 9.46 Å². The summed E-state index contributed by atoms with van der Waals surface area (Å²) in [6.07, 6.45) is 6.43. The number of likely N-dealkylation sites (N-methyl/N-ethyl adjacent to an activating group) is 1. The first kappa shape index (κ1) is 53.6. The summed E-state index contributed by atoms with van der Waals surface area (Å²) in [4.78, 5) is 71.0. The second-order valence-electron chi connectivity index (χ2n) is 14.9. The molecule has 22 heteroatoms. The largest absolute Gasteiger partial charge is 0.496 e. The summed E-state index contributed by atoms with van der Waals surface area (Å²) in [5.41, 5.74) is 8.28. The molecule has 1 aliphatic carbocycles. The number of fused-ring (bicyclic) bond motifs is 1. The highest BCUT2D eigenvalue weighted by Gasteiger charge is 2.30. The first-order valence-electron chi connectivity index (χ1n) is 20.2. The molecule has 0 amide bonds. The van der Waals surface area contributed by atoms with Gasteiger partial charge in [0, 0.05) is 91.4 Å². The SMILES string of the molecule is COc1ccc(-c2cc3c(n2-c2ccc(S(=O)(=O)Nc4nc(C)cc(C)n4)cc2)CC[C@@H](N2CCN(C)CC2)C3)cc1C.O=C(O)/C=C/C(=O)O.O=C(O)/C=C/C(=O)O.O=C(O)/C=C/C(=O)O. The van der Waals surface area contributed by atoms with Gasteiger partial charge in [0.2, 0.25) is 5.95 Å². The molecule has 1 atom stereocenters. The lowest BCUT2D eigenvalue weighted by Crippen LogP contribution is -2.50. The fourth-order valence-corrected chi connectivity index (χ4v) is 7.85. The van der Waals surface area contributed by atoms with Crippen LogP contribution in [0.2, 0.25) is 0 Å². The number of aryl methyl sites for hydroxylation is 3. The summed E-state index contributed by atoms with van der Waals surface area (Å²) < 4.78 is 36.8. The number of nitrogens with zero attached hydrogens (tertiary/aromatic N) is 5. The van der Waals surface area contributed by atoms with Crippen LogP contribution >= 0.6 is 0 Å². The molecule has 7 N–H and O–H groups in total. The predicted octanol–water partition coefficient (Wildman–Crippen LogP) is 3.91. The Labute approximate surface area is 385 Å². The number of hydrogen-bond acceptors (Lipinski definition) is 13. The summed E-state index contributed by atoms with van der Waals surface area (Å²) in [5, 5.41) is 46.9. The van der Waals surface area contributed by atoms with E-state index in [0.29, 0.717) is 53.9 Å². The number of carboxylic acid groups (broad SMARTS) is 6. The highest BCUT2D eigenvalue weighted by atomic mass is 32.2. The van der Waals surface area contributed by atoms with Crippen molar-refractivity contribution in [3.63, 3.8) is 0 Å². The molecular weight excluding hydrogens is 897 g/mol. The molecule has 4 aromatic rings. The molecule has 0 saturated carbocycles. The van der Waals surface area contributed by atoms with E-state index in [9.17, 15) is 37.2 Å². The van der Waals surface area contributed by atoms with Gasteiger partial charge in [0.1, 0.15) is 5.75 Å². The lowest BCUT2D eigenvalue weighted by molar-refractivity contribution is -0.134. The number of carbonyl (C=O) groups is 6. The van der Waals surface area contributed by atoms with E-state index in [1.807, 2.05) is 32.0 Å². The third-order valence-electron chi connectivity index (χ3n) is 9.83. The number of ether oxygens (including phenoxy) is 1. The second-order valence-corrected chi connectivity index (χ2v) is 16.5. The van der Waals surface area contributed by atoms with Crippen LogP contribution in [-0.4, -0.2) is 146 Å². The first-order chi connectivity index (χ1) is 31.5. The molecule has 2 aromatic heterocycles. The number of benzene rings is 2. The van der Waals surface area contributed by atoms with Crippen LogP contribution in [0.3, 0.4) is 0 Å². The van der Waals surface area contributed by atoms with Crippen LogP contribution in [0, 0.1) is 20.8 Å². The summed E-state index contributed by atoms with van der Waals surface area (Å²) in [6, 6.07) is 18.1. The number of sulfonamides is 1. The Kier molecular flexibility index (Phi) is 20.1. The van der Waals surface area contributed by atoms with Crippen molar-refractivity contribution < 1.29 is 72.6 Å². The van der Waals surface area contributed by atoms with Gasteiger partial charge in [0.15, 0.2) is 0 Å². The molecule has 0 radical (unpaired) electrons. The maximum atomic E-state index is 13.2. The number of rotatable bonds is 13. The van der Waals surface area contributed by atoms with E-state index in [1.54, 1.807) is 25.3 Å². The van der Waals surface area contributed by atoms with Gasteiger partial charge in [-0.1, -0.05) is 0 Å². The number of aromatic nitrogens is 3. The molecule has 3 heterocycles. The molecule has 2 aliphatic rings. The van der Waals surface area contributed by atoms with Crippen molar-refractivity contribution in [3.05, 3.63) is 119 Å². The zero-order valence-electron chi connectivity index (χ0n) is 37.2. The average molecular weight is 949 g/mol. The van der Waals surface area contributed by atoms with Gasteiger partial charge < -0.3 is 44.8 Å². The van der Waals surface area contributed by atoms with Crippen molar-refractivity contribution >= 4 is 51.8 Å². The van der Waals surface area contributed by atoms with E-state index >= 15 is 0 Å². The van der Waals surface area contributed by atoms with E-state index in [4.69, 9.17) is 35.4 Å². The van der Waals surface area contributed by atoms with Gasteiger partial charge in [-0.3, -0.25) is 4.90 Å². The number of carboxylic acids is 6. The van der Waals surface area contributed by atoms with Crippen molar-refractivity contribution in [2.75, 3.05) is 45.1 Å². The maximum absolute atomic E-state index is 13.2. The molecule has 6 rings (SSSR count). The second kappa shape index (κ2) is 25.1. The lowest BCUT2D eigenvalue weighted by Gasteiger charge is -2.39. The van der Waals surface area contributed by atoms with Gasteiger partial charge >= 0.3 is 35.8 Å². The highest BCUT2D eigenvalue weighted by molar-refractivity contribution is 7.92. The molecule has 0 bridgehead atoms. The Morgan fingerprint density at radius 1 is 0.687 bits per heavy atom. The minimum absolute atomic E-state index is 0.0770. The van der Waals surface area contributed by atoms with Crippen LogP contribution in [0.25, 0.3) is 16.9 Å². The van der Waals surface area contributed by atoms with Gasteiger partial charge in [0.05, 0.1) is 17.7 Å². The first-order valence-corrected chi connectivity index (χ1v) is 21.7. The average Bonchev–Trinajstić information content (AvgIpc) is 3.64. The number of methoxy groups -OCH3 is 1. The number of piperazine rings is 1. The van der Waals surface area contributed by atoms with Crippen molar-refractivity contribution in [1.82, 2.24) is 24.3 Å². The molecule has 0 unspecified atom stereocenters. The maximum Gasteiger partial charge on any atom is 0.328 e. The fourth-order valence-electron chi connectivity index (χ4n) is 6.91. The van der Waals surface area contributed by atoms with Gasteiger partial charge in [-0.15, -0.1) is 0 Å². The van der Waals surface area contributed by atoms with Crippen LogP contribution in [0.15, 0.2) is 95.9 Å². The molecule has 2 aromatic carbocycles. The fraction of sp³-hybridized carbons (Fsp3) is 0.289. The van der Waals surface area contributed by atoms with Gasteiger partial charge in [-0.05, 0) is 118 Å². The van der Waals surface area contributed by atoms with Crippen LogP contribution in [0.4, 0.5) is 5.95 Å². The minimum atomic E-state index is -3.86. The van der Waals surface area contributed by atoms with E-state index in [0.717, 1.165) is 73.7 Å². The molecule has 358 valence electrons. The van der Waals surface area contributed by atoms with E-state index < -0.39 is 45.8 Å². The van der Waals surface area contributed by atoms with Crippen molar-refractivity contribution in [1.29, 1.82) is 0 Å². The molecule has 1 saturated heterocycles. The standard InChI is InChI=1S/C33H40N6O3S.3C4H4O4/c1-22-18-25(6-13-32(22)42-5)31-21-26-20-28(38-16-14-37(4)15-17-38)9-12-30(26)39(31)27-7-10-29(11-8-27)43(40,41)36-33-34-23(2)19-24(3)35-33;3*5-3(6)1-2-4(7)8/h6-8,10-11,13,18-19,21,28H,9,12,14-17,20H2,1-5H3,(H,34,35,36);3*1-2H,(H,5,6)(H,7,8)/b;3*2-1+/t28-;;;/m1.../s1. The van der Waals surface area contributed by atoms with Crippen LogP contribution in [-0.2, 0) is 51.6 Å². The van der Waals surface area contributed by atoms with E-state index in [2.05, 4.69) is 61.2 Å². The molecule has 1 aliphatic heterocycles. The zero-order valence-corrected chi connectivity index (χ0v) is 38.0. The van der Waals surface area contributed by atoms with Crippen molar-refractivity contribution in [2.24, 2.45) is 0 Å². The van der Waals surface area contributed by atoms with Crippen LogP contribution in [0.5, 0.6) is 5.75 Å². The Balaban J connectivity index is 0.000000406. The molecule has 0 spiro atoms. The van der Waals surface area contributed by atoms with E-state index in [-0.39, 0.29) is 10.8 Å². The van der Waals surface area contributed by atoms with Crippen molar-refractivity contribution in [3.8, 4) is 22.7 Å². The van der Waals surface area contributed by atoms with Crippen molar-refractivity contribution in [2.45, 2.75) is 51.0 Å². The summed E-state index contributed by atoms with van der Waals surface area (Å²) in [5.74, 6) is -6.61. The Bertz CT molecular complexity index is 2480.